The summed E-state index contributed by atoms with van der Waals surface area (Å²) in [6.07, 6.45) is 2.84. The molecular formula is C9H16O2S. The number of ether oxygens (including phenoxy) is 1. The van der Waals surface area contributed by atoms with Crippen LogP contribution in [0.3, 0.4) is 0 Å². The zero-order chi connectivity index (χ0) is 8.97. The lowest BCUT2D eigenvalue weighted by molar-refractivity contribution is 0.203. The van der Waals surface area contributed by atoms with Gasteiger partial charge in [-0.3, -0.25) is 4.21 Å². The van der Waals surface area contributed by atoms with Crippen molar-refractivity contribution >= 4 is 10.8 Å². The molecule has 12 heavy (non-hydrogen) atoms. The molecule has 0 aromatic carbocycles. The van der Waals surface area contributed by atoms with E-state index < -0.39 is 10.8 Å². The largest absolute Gasteiger partial charge is 0.501 e. The zero-order valence-corrected chi connectivity index (χ0v) is 8.52. The van der Waals surface area contributed by atoms with Gasteiger partial charge in [0.25, 0.3) is 0 Å². The summed E-state index contributed by atoms with van der Waals surface area (Å²) in [5.41, 5.74) is 1.18. The topological polar surface area (TPSA) is 26.3 Å². The van der Waals surface area contributed by atoms with E-state index in [2.05, 4.69) is 0 Å². The predicted molar refractivity (Wildman–Crippen MR) is 51.4 cm³/mol. The first-order valence-corrected chi connectivity index (χ1v) is 5.77. The third-order valence-corrected chi connectivity index (χ3v) is 3.36. The van der Waals surface area contributed by atoms with Gasteiger partial charge in [-0.2, -0.15) is 0 Å². The molecule has 0 aromatic rings. The lowest BCUT2D eigenvalue weighted by Gasteiger charge is -2.06. The molecule has 0 aromatic heterocycles. The summed E-state index contributed by atoms with van der Waals surface area (Å²) in [5, 5.41) is 0. The SMILES string of the molecule is CC(C)=COCC1CCS(=O)C1. The van der Waals surface area contributed by atoms with Crippen molar-refractivity contribution in [1.82, 2.24) is 0 Å². The number of allylic oxidation sites excluding steroid dienone is 1. The number of hydrogen-bond donors (Lipinski definition) is 0. The molecule has 0 bridgehead atoms. The molecule has 0 saturated carbocycles. The van der Waals surface area contributed by atoms with Crippen molar-refractivity contribution in [1.29, 1.82) is 0 Å². The van der Waals surface area contributed by atoms with Crippen molar-refractivity contribution in [2.45, 2.75) is 20.3 Å². The van der Waals surface area contributed by atoms with Crippen LogP contribution in [0.1, 0.15) is 20.3 Å². The molecule has 2 atom stereocenters. The van der Waals surface area contributed by atoms with E-state index in [1.807, 2.05) is 13.8 Å². The highest BCUT2D eigenvalue weighted by Crippen LogP contribution is 2.15. The van der Waals surface area contributed by atoms with Crippen LogP contribution in [0.2, 0.25) is 0 Å². The molecule has 1 aliphatic rings. The van der Waals surface area contributed by atoms with Crippen LogP contribution in [0.4, 0.5) is 0 Å². The predicted octanol–water partition coefficient (Wildman–Crippen LogP) is 1.70. The van der Waals surface area contributed by atoms with Gasteiger partial charge in [0.05, 0.1) is 12.9 Å². The van der Waals surface area contributed by atoms with Gasteiger partial charge in [-0.15, -0.1) is 0 Å². The molecule has 2 unspecified atom stereocenters. The molecule has 70 valence electrons. The Morgan fingerprint density at radius 1 is 1.67 bits per heavy atom. The van der Waals surface area contributed by atoms with Crippen molar-refractivity contribution in [2.75, 3.05) is 18.1 Å². The summed E-state index contributed by atoms with van der Waals surface area (Å²) >= 11 is 0. The quantitative estimate of drug-likeness (QED) is 0.630. The minimum Gasteiger partial charge on any atom is -0.501 e. The normalized spacial score (nSPS) is 28.5. The van der Waals surface area contributed by atoms with Crippen LogP contribution in [-0.2, 0) is 15.5 Å². The molecule has 1 aliphatic heterocycles. The Hall–Kier alpha value is -0.310. The van der Waals surface area contributed by atoms with Gasteiger partial charge in [-0.05, 0) is 25.8 Å². The summed E-state index contributed by atoms with van der Waals surface area (Å²) in [6, 6.07) is 0. The summed E-state index contributed by atoms with van der Waals surface area (Å²) in [6.45, 7) is 4.75. The summed E-state index contributed by atoms with van der Waals surface area (Å²) in [5.74, 6) is 2.21. The molecule has 0 radical (unpaired) electrons. The van der Waals surface area contributed by atoms with Gasteiger partial charge in [-0.25, -0.2) is 0 Å². The van der Waals surface area contributed by atoms with Gasteiger partial charge in [0.1, 0.15) is 0 Å². The molecule has 0 aliphatic carbocycles. The van der Waals surface area contributed by atoms with E-state index in [1.165, 1.54) is 5.57 Å². The first kappa shape index (κ1) is 9.78. The second-order valence-electron chi connectivity index (χ2n) is 3.49. The lowest BCUT2D eigenvalue weighted by Crippen LogP contribution is -2.07. The van der Waals surface area contributed by atoms with Crippen LogP contribution >= 0.6 is 0 Å². The van der Waals surface area contributed by atoms with Crippen molar-refractivity contribution in [3.63, 3.8) is 0 Å². The molecule has 0 spiro atoms. The Morgan fingerprint density at radius 3 is 2.92 bits per heavy atom. The average Bonchev–Trinajstić information content (AvgIpc) is 2.35. The van der Waals surface area contributed by atoms with Crippen LogP contribution < -0.4 is 0 Å². The Balaban J connectivity index is 2.16. The van der Waals surface area contributed by atoms with E-state index >= 15 is 0 Å². The number of hydrogen-bond acceptors (Lipinski definition) is 2. The van der Waals surface area contributed by atoms with Crippen LogP contribution in [0.5, 0.6) is 0 Å². The third kappa shape index (κ3) is 3.39. The van der Waals surface area contributed by atoms with E-state index in [-0.39, 0.29) is 0 Å². The zero-order valence-electron chi connectivity index (χ0n) is 7.71. The van der Waals surface area contributed by atoms with Crippen LogP contribution in [0.15, 0.2) is 11.8 Å². The third-order valence-electron chi connectivity index (χ3n) is 1.83. The molecule has 2 nitrogen and oxygen atoms in total. The highest BCUT2D eigenvalue weighted by atomic mass is 32.2. The Labute approximate surface area is 76.5 Å². The Morgan fingerprint density at radius 2 is 2.42 bits per heavy atom. The van der Waals surface area contributed by atoms with E-state index in [0.29, 0.717) is 5.92 Å². The molecule has 3 heteroatoms. The maximum absolute atomic E-state index is 11.0. The van der Waals surface area contributed by atoms with Crippen LogP contribution in [0.25, 0.3) is 0 Å². The van der Waals surface area contributed by atoms with Gasteiger partial charge in [0.15, 0.2) is 0 Å². The van der Waals surface area contributed by atoms with E-state index in [0.717, 1.165) is 24.5 Å². The van der Waals surface area contributed by atoms with E-state index in [4.69, 9.17) is 4.74 Å². The molecule has 0 N–H and O–H groups in total. The fourth-order valence-corrected chi connectivity index (χ4v) is 2.76. The Bertz CT molecular complexity index is 195. The van der Waals surface area contributed by atoms with Gasteiger partial charge >= 0.3 is 0 Å². The second-order valence-corrected chi connectivity index (χ2v) is 5.12. The highest BCUT2D eigenvalue weighted by molar-refractivity contribution is 7.85. The Kier molecular flexibility index (Phi) is 3.79. The van der Waals surface area contributed by atoms with Gasteiger partial charge in [-0.1, -0.05) is 0 Å². The summed E-state index contributed by atoms with van der Waals surface area (Å²) in [7, 11) is -0.568. The first-order valence-electron chi connectivity index (χ1n) is 4.28. The minimum atomic E-state index is -0.568. The maximum atomic E-state index is 11.0. The molecule has 0 amide bonds. The highest BCUT2D eigenvalue weighted by Gasteiger charge is 2.20. The fraction of sp³-hybridized carbons (Fsp3) is 0.778. The van der Waals surface area contributed by atoms with Crippen LogP contribution in [0, 0.1) is 5.92 Å². The minimum absolute atomic E-state index is 0.515. The van der Waals surface area contributed by atoms with E-state index in [1.54, 1.807) is 6.26 Å². The summed E-state index contributed by atoms with van der Waals surface area (Å²) in [4.78, 5) is 0. The smallest absolute Gasteiger partial charge is 0.0910 e. The van der Waals surface area contributed by atoms with Crippen LogP contribution in [-0.4, -0.2) is 22.3 Å². The average molecular weight is 188 g/mol. The first-order chi connectivity index (χ1) is 5.68. The second kappa shape index (κ2) is 4.65. The van der Waals surface area contributed by atoms with Gasteiger partial charge < -0.3 is 4.74 Å². The van der Waals surface area contributed by atoms with Crippen molar-refractivity contribution < 1.29 is 8.95 Å². The molecular weight excluding hydrogens is 172 g/mol. The maximum Gasteiger partial charge on any atom is 0.0910 e. The fourth-order valence-electron chi connectivity index (χ4n) is 1.21. The van der Waals surface area contributed by atoms with Gasteiger partial charge in [0, 0.05) is 28.2 Å². The molecule has 1 fully saturated rings. The molecule has 1 heterocycles. The summed E-state index contributed by atoms with van der Waals surface area (Å²) < 4.78 is 16.3. The number of rotatable bonds is 3. The standard InChI is InChI=1S/C9H16O2S/c1-8(2)5-11-6-9-3-4-12(10)7-9/h5,9H,3-4,6-7H2,1-2H3. The monoisotopic (exact) mass is 188 g/mol. The lowest BCUT2D eigenvalue weighted by atomic mass is 10.1. The van der Waals surface area contributed by atoms with Crippen molar-refractivity contribution in [3.05, 3.63) is 11.8 Å². The van der Waals surface area contributed by atoms with E-state index in [9.17, 15) is 4.21 Å². The van der Waals surface area contributed by atoms with Crippen molar-refractivity contribution in [2.24, 2.45) is 5.92 Å². The van der Waals surface area contributed by atoms with Crippen molar-refractivity contribution in [3.8, 4) is 0 Å². The molecule has 1 rings (SSSR count). The molecule has 1 saturated heterocycles. The van der Waals surface area contributed by atoms with Gasteiger partial charge in [0.2, 0.25) is 0 Å².